The highest BCUT2D eigenvalue weighted by molar-refractivity contribution is 8.02. The van der Waals surface area contributed by atoms with Crippen LogP contribution in [0, 0.1) is 0 Å². The Balaban J connectivity index is 1.37. The summed E-state index contributed by atoms with van der Waals surface area (Å²) in [5, 5.41) is 0. The van der Waals surface area contributed by atoms with Crippen LogP contribution in [0.25, 0.3) is 33.6 Å². The molecule has 1 aromatic heterocycles. The summed E-state index contributed by atoms with van der Waals surface area (Å²) in [4.78, 5) is 7.40. The largest absolute Gasteiger partial charge is 0.379 e. The third-order valence-corrected chi connectivity index (χ3v) is 8.81. The first-order valence-corrected chi connectivity index (χ1v) is 16.0. The lowest BCUT2D eigenvalue weighted by Crippen LogP contribution is -2.31. The van der Waals surface area contributed by atoms with Crippen molar-refractivity contribution in [1.29, 1.82) is 0 Å². The van der Waals surface area contributed by atoms with E-state index in [1.54, 1.807) is 0 Å². The molecule has 202 valence electrons. The third-order valence-electron chi connectivity index (χ3n) is 6.66. The van der Waals surface area contributed by atoms with Crippen LogP contribution in [0.1, 0.15) is 0 Å². The summed E-state index contributed by atoms with van der Waals surface area (Å²) in [6.45, 7) is 4.79. The quantitative estimate of drug-likeness (QED) is 0.261. The maximum atomic E-state index is 5.95. The monoisotopic (exact) mass is 556 g/mol. The summed E-state index contributed by atoms with van der Waals surface area (Å²) < 4.78 is 11.9. The molecule has 2 heterocycles. The van der Waals surface area contributed by atoms with Gasteiger partial charge in [0.25, 0.3) is 0 Å². The Morgan fingerprint density at radius 1 is 0.513 bits per heavy atom. The molecule has 1 fully saturated rings. The van der Waals surface area contributed by atoms with Crippen LogP contribution in [0.15, 0.2) is 97.1 Å². The lowest BCUT2D eigenvalue weighted by atomic mass is 9.99. The van der Waals surface area contributed by atoms with Crippen molar-refractivity contribution in [1.82, 2.24) is 4.98 Å². The average Bonchev–Trinajstić information content (AvgIpc) is 3.02. The van der Waals surface area contributed by atoms with Crippen LogP contribution in [0.5, 0.6) is 0 Å². The Hall–Kier alpha value is -2.77. The summed E-state index contributed by atoms with van der Waals surface area (Å²) in [6.07, 6.45) is 0. The van der Waals surface area contributed by atoms with Crippen molar-refractivity contribution >= 4 is 29.2 Å². The Bertz CT molecular complexity index is 1200. The van der Waals surface area contributed by atoms with E-state index >= 15 is 0 Å². The smallest absolute Gasteiger partial charge is 0.0715 e. The molecule has 4 aromatic rings. The second-order valence-corrected chi connectivity index (χ2v) is 11.8. The molecule has 3 aromatic carbocycles. The van der Waals surface area contributed by atoms with Crippen LogP contribution in [0.2, 0.25) is 0 Å². The molecule has 1 aliphatic rings. The lowest BCUT2D eigenvalue weighted by molar-refractivity contribution is 0.144. The summed E-state index contributed by atoms with van der Waals surface area (Å²) in [5.41, 5.74) is 7.72. The van der Waals surface area contributed by atoms with Crippen LogP contribution in [-0.4, -0.2) is 67.5 Å². The highest BCUT2D eigenvalue weighted by Gasteiger charge is 2.11. The fourth-order valence-corrected chi connectivity index (χ4v) is 6.38. The predicted molar refractivity (Wildman–Crippen MR) is 169 cm³/mol. The van der Waals surface area contributed by atoms with Gasteiger partial charge >= 0.3 is 0 Å². The second kappa shape index (κ2) is 15.1. The first-order valence-electron chi connectivity index (χ1n) is 13.7. The van der Waals surface area contributed by atoms with Gasteiger partial charge in [-0.15, -0.1) is 0 Å². The van der Waals surface area contributed by atoms with Crippen molar-refractivity contribution in [3.05, 3.63) is 97.1 Å². The molecule has 5 rings (SSSR count). The summed E-state index contributed by atoms with van der Waals surface area (Å²) in [6, 6.07) is 34.1. The molecule has 0 saturated carbocycles. The minimum Gasteiger partial charge on any atom is -0.379 e. The molecule has 0 atom stereocenters. The van der Waals surface area contributed by atoms with Crippen molar-refractivity contribution in [2.45, 2.75) is 0 Å². The average molecular weight is 557 g/mol. The maximum absolute atomic E-state index is 5.95. The molecule has 4 nitrogen and oxygen atoms in total. The standard InChI is InChI=1S/C33H36N2O2S2/c1-3-7-28(8-4-1)32-25-30(26-33(34-32)29-9-5-2-6-10-29)27-11-13-31(14-12-27)35-15-17-36-19-21-38-23-24-39-22-20-37-18-16-35/h1-14,25-26H,15-24H2. The van der Waals surface area contributed by atoms with Gasteiger partial charge in [-0.25, -0.2) is 4.98 Å². The van der Waals surface area contributed by atoms with Gasteiger partial charge in [-0.05, 0) is 35.4 Å². The van der Waals surface area contributed by atoms with Crippen LogP contribution in [0.4, 0.5) is 5.69 Å². The van der Waals surface area contributed by atoms with Crippen molar-refractivity contribution in [3.8, 4) is 33.6 Å². The van der Waals surface area contributed by atoms with E-state index in [0.29, 0.717) is 0 Å². The van der Waals surface area contributed by atoms with Gasteiger partial charge in [-0.1, -0.05) is 72.8 Å². The molecule has 0 unspecified atom stereocenters. The van der Waals surface area contributed by atoms with E-state index < -0.39 is 0 Å². The Morgan fingerprint density at radius 2 is 1.03 bits per heavy atom. The van der Waals surface area contributed by atoms with Crippen LogP contribution < -0.4 is 4.90 Å². The molecule has 0 aliphatic carbocycles. The van der Waals surface area contributed by atoms with Crippen molar-refractivity contribution < 1.29 is 9.47 Å². The number of anilines is 1. The summed E-state index contributed by atoms with van der Waals surface area (Å²) in [5.74, 6) is 4.49. The molecule has 39 heavy (non-hydrogen) atoms. The van der Waals surface area contributed by atoms with Crippen LogP contribution in [0.3, 0.4) is 0 Å². The van der Waals surface area contributed by atoms with Gasteiger partial charge in [0.1, 0.15) is 0 Å². The van der Waals surface area contributed by atoms with Crippen LogP contribution in [-0.2, 0) is 9.47 Å². The minimum absolute atomic E-state index is 0.724. The highest BCUT2D eigenvalue weighted by Crippen LogP contribution is 2.31. The van der Waals surface area contributed by atoms with Gasteiger partial charge in [0, 0.05) is 52.9 Å². The number of ether oxygens (including phenoxy) is 2. The number of pyridine rings is 1. The molecular formula is C33H36N2O2S2. The van der Waals surface area contributed by atoms with Crippen molar-refractivity contribution in [3.63, 3.8) is 0 Å². The zero-order chi connectivity index (χ0) is 26.5. The number of benzene rings is 3. The zero-order valence-electron chi connectivity index (χ0n) is 22.3. The summed E-state index contributed by atoms with van der Waals surface area (Å²) >= 11 is 3.95. The first kappa shape index (κ1) is 27.8. The normalized spacial score (nSPS) is 16.3. The number of thioether (sulfide) groups is 2. The zero-order valence-corrected chi connectivity index (χ0v) is 24.0. The van der Waals surface area contributed by atoms with Crippen LogP contribution >= 0.6 is 23.5 Å². The lowest BCUT2D eigenvalue weighted by Gasteiger charge is -2.25. The van der Waals surface area contributed by atoms with Gasteiger partial charge in [-0.2, -0.15) is 23.5 Å². The number of nitrogens with zero attached hydrogens (tertiary/aromatic N) is 2. The van der Waals surface area contributed by atoms with Gasteiger partial charge in [0.2, 0.25) is 0 Å². The van der Waals surface area contributed by atoms with E-state index in [0.717, 1.165) is 79.1 Å². The third kappa shape index (κ3) is 8.36. The van der Waals surface area contributed by atoms with Crippen molar-refractivity contribution in [2.24, 2.45) is 0 Å². The maximum Gasteiger partial charge on any atom is 0.0715 e. The Labute approximate surface area is 241 Å². The molecule has 1 saturated heterocycles. The van der Waals surface area contributed by atoms with E-state index in [1.165, 1.54) is 22.8 Å². The molecule has 1 aliphatic heterocycles. The SMILES string of the molecule is c1ccc(-c2cc(-c3ccc(N4CCOCCSCCSCCOCC4)cc3)cc(-c3ccccc3)n2)cc1. The topological polar surface area (TPSA) is 34.6 Å². The fraction of sp³-hybridized carbons (Fsp3) is 0.303. The van der Waals surface area contributed by atoms with E-state index in [1.807, 2.05) is 35.7 Å². The number of rotatable bonds is 4. The van der Waals surface area contributed by atoms with Gasteiger partial charge < -0.3 is 14.4 Å². The number of hydrogen-bond donors (Lipinski definition) is 0. The van der Waals surface area contributed by atoms with Crippen molar-refractivity contribution in [2.75, 3.05) is 67.4 Å². The first-order chi connectivity index (χ1) is 19.4. The Morgan fingerprint density at radius 3 is 1.54 bits per heavy atom. The minimum atomic E-state index is 0.724. The van der Waals surface area contributed by atoms with E-state index in [-0.39, 0.29) is 0 Å². The highest BCUT2D eigenvalue weighted by atomic mass is 32.2. The van der Waals surface area contributed by atoms with Gasteiger partial charge in [-0.3, -0.25) is 0 Å². The van der Waals surface area contributed by atoms with E-state index in [9.17, 15) is 0 Å². The van der Waals surface area contributed by atoms with E-state index in [2.05, 4.69) is 89.8 Å². The second-order valence-electron chi connectivity index (χ2n) is 9.34. The molecule has 0 spiro atoms. The fourth-order valence-electron chi connectivity index (χ4n) is 4.56. The Kier molecular flexibility index (Phi) is 10.8. The predicted octanol–water partition coefficient (Wildman–Crippen LogP) is 7.40. The molecule has 0 amide bonds. The van der Waals surface area contributed by atoms with Gasteiger partial charge in [0.05, 0.1) is 37.8 Å². The molecule has 0 radical (unpaired) electrons. The molecule has 6 heteroatoms. The van der Waals surface area contributed by atoms with E-state index in [4.69, 9.17) is 14.5 Å². The number of hydrogen-bond acceptors (Lipinski definition) is 6. The van der Waals surface area contributed by atoms with Gasteiger partial charge in [0.15, 0.2) is 0 Å². The number of aromatic nitrogens is 1. The molecule has 0 bridgehead atoms. The molecule has 0 N–H and O–H groups in total. The summed E-state index contributed by atoms with van der Waals surface area (Å²) in [7, 11) is 0. The molecular weight excluding hydrogens is 521 g/mol.